The third-order valence-corrected chi connectivity index (χ3v) is 4.18. The van der Waals surface area contributed by atoms with E-state index in [0.29, 0.717) is 31.5 Å². The Labute approximate surface area is 120 Å². The molecule has 1 aliphatic rings. The van der Waals surface area contributed by atoms with Gasteiger partial charge in [0.25, 0.3) is 0 Å². The molecule has 1 aromatic rings. The molecule has 1 saturated heterocycles. The van der Waals surface area contributed by atoms with Crippen molar-refractivity contribution >= 4 is 0 Å². The fourth-order valence-corrected chi connectivity index (χ4v) is 2.76. The molecule has 114 valence electrons. The highest BCUT2D eigenvalue weighted by atomic mass is 16.5. The Morgan fingerprint density at radius 2 is 2.05 bits per heavy atom. The van der Waals surface area contributed by atoms with Gasteiger partial charge in [-0.25, -0.2) is 0 Å². The summed E-state index contributed by atoms with van der Waals surface area (Å²) in [5.41, 5.74) is -0.439. The Bertz CT molecular complexity index is 418. The molecule has 1 aromatic heterocycles. The Morgan fingerprint density at radius 3 is 2.65 bits per heavy atom. The van der Waals surface area contributed by atoms with Crippen LogP contribution in [0.5, 0.6) is 0 Å². The van der Waals surface area contributed by atoms with Crippen LogP contribution in [0.1, 0.15) is 51.2 Å². The van der Waals surface area contributed by atoms with Gasteiger partial charge in [-0.05, 0) is 26.8 Å². The van der Waals surface area contributed by atoms with Crippen molar-refractivity contribution in [3.63, 3.8) is 0 Å². The van der Waals surface area contributed by atoms with E-state index in [9.17, 15) is 0 Å². The van der Waals surface area contributed by atoms with Crippen molar-refractivity contribution in [1.29, 1.82) is 0 Å². The predicted molar refractivity (Wildman–Crippen MR) is 74.6 cm³/mol. The number of hydrogen-bond acceptors (Lipinski definition) is 6. The zero-order valence-electron chi connectivity index (χ0n) is 12.8. The SMILES string of the molecule is CCOC(CC)(CC)c1noc(C2COCC2NC)n1. The van der Waals surface area contributed by atoms with Gasteiger partial charge in [0, 0.05) is 12.6 Å². The van der Waals surface area contributed by atoms with Crippen LogP contribution in [0.4, 0.5) is 0 Å². The van der Waals surface area contributed by atoms with Crippen molar-refractivity contribution in [1.82, 2.24) is 15.5 Å². The van der Waals surface area contributed by atoms with Crippen LogP contribution in [0.15, 0.2) is 4.52 Å². The fourth-order valence-electron chi connectivity index (χ4n) is 2.76. The number of likely N-dealkylation sites (N-methyl/N-ethyl adjacent to an activating group) is 1. The van der Waals surface area contributed by atoms with Gasteiger partial charge in [0.1, 0.15) is 5.60 Å². The monoisotopic (exact) mass is 283 g/mol. The van der Waals surface area contributed by atoms with Crippen molar-refractivity contribution in [2.24, 2.45) is 0 Å². The molecule has 0 bridgehead atoms. The van der Waals surface area contributed by atoms with Crippen LogP contribution in [0.25, 0.3) is 0 Å². The van der Waals surface area contributed by atoms with Gasteiger partial charge in [-0.2, -0.15) is 4.98 Å². The number of ether oxygens (including phenoxy) is 2. The van der Waals surface area contributed by atoms with Gasteiger partial charge < -0.3 is 19.3 Å². The molecule has 2 unspecified atom stereocenters. The van der Waals surface area contributed by atoms with Crippen LogP contribution in [0.2, 0.25) is 0 Å². The van der Waals surface area contributed by atoms with E-state index in [1.165, 1.54) is 0 Å². The zero-order chi connectivity index (χ0) is 14.6. The molecule has 0 amide bonds. The van der Waals surface area contributed by atoms with E-state index in [1.807, 2.05) is 14.0 Å². The van der Waals surface area contributed by atoms with Gasteiger partial charge in [0.15, 0.2) is 0 Å². The summed E-state index contributed by atoms with van der Waals surface area (Å²) in [4.78, 5) is 4.60. The smallest absolute Gasteiger partial charge is 0.233 e. The van der Waals surface area contributed by atoms with Gasteiger partial charge in [0.2, 0.25) is 11.7 Å². The normalized spacial score (nSPS) is 23.4. The quantitative estimate of drug-likeness (QED) is 0.823. The maximum atomic E-state index is 5.91. The van der Waals surface area contributed by atoms with Crippen molar-refractivity contribution < 1.29 is 14.0 Å². The van der Waals surface area contributed by atoms with Crippen molar-refractivity contribution in [3.05, 3.63) is 11.7 Å². The minimum absolute atomic E-state index is 0.120. The second-order valence-corrected chi connectivity index (χ2v) is 5.13. The zero-order valence-corrected chi connectivity index (χ0v) is 12.8. The first kappa shape index (κ1) is 15.4. The minimum atomic E-state index is -0.439. The highest BCUT2D eigenvalue weighted by Gasteiger charge is 2.38. The first-order chi connectivity index (χ1) is 9.70. The molecule has 2 atom stereocenters. The lowest BCUT2D eigenvalue weighted by Gasteiger charge is -2.27. The molecular formula is C14H25N3O3. The molecule has 2 rings (SSSR count). The van der Waals surface area contributed by atoms with Crippen molar-refractivity contribution in [3.8, 4) is 0 Å². The molecule has 6 nitrogen and oxygen atoms in total. The van der Waals surface area contributed by atoms with E-state index in [2.05, 4.69) is 29.3 Å². The maximum absolute atomic E-state index is 5.91. The van der Waals surface area contributed by atoms with E-state index in [1.54, 1.807) is 0 Å². The van der Waals surface area contributed by atoms with Crippen LogP contribution in [0, 0.1) is 0 Å². The lowest BCUT2D eigenvalue weighted by atomic mass is 9.96. The maximum Gasteiger partial charge on any atom is 0.233 e. The summed E-state index contributed by atoms with van der Waals surface area (Å²) in [5, 5.41) is 7.40. The third-order valence-electron chi connectivity index (χ3n) is 4.18. The van der Waals surface area contributed by atoms with Crippen LogP contribution in [0.3, 0.4) is 0 Å². The van der Waals surface area contributed by atoms with Gasteiger partial charge in [-0.3, -0.25) is 0 Å². The van der Waals surface area contributed by atoms with E-state index < -0.39 is 5.60 Å². The highest BCUT2D eigenvalue weighted by Crippen LogP contribution is 2.33. The molecule has 0 saturated carbocycles. The van der Waals surface area contributed by atoms with Crippen LogP contribution in [-0.4, -0.2) is 43.1 Å². The first-order valence-corrected chi connectivity index (χ1v) is 7.43. The molecule has 1 aliphatic heterocycles. The number of nitrogens with one attached hydrogen (secondary N) is 1. The second kappa shape index (κ2) is 6.65. The average Bonchev–Trinajstić information content (AvgIpc) is 3.12. The van der Waals surface area contributed by atoms with Gasteiger partial charge in [-0.1, -0.05) is 19.0 Å². The van der Waals surface area contributed by atoms with Gasteiger partial charge in [-0.15, -0.1) is 0 Å². The van der Waals surface area contributed by atoms with E-state index in [0.717, 1.165) is 12.8 Å². The predicted octanol–water partition coefficient (Wildman–Crippen LogP) is 1.82. The summed E-state index contributed by atoms with van der Waals surface area (Å²) in [6, 6.07) is 0.230. The molecule has 1 N–H and O–H groups in total. The van der Waals surface area contributed by atoms with E-state index in [4.69, 9.17) is 14.0 Å². The number of nitrogens with zero attached hydrogens (tertiary/aromatic N) is 2. The minimum Gasteiger partial charge on any atom is -0.379 e. The highest BCUT2D eigenvalue weighted by molar-refractivity contribution is 5.07. The molecule has 20 heavy (non-hydrogen) atoms. The molecule has 6 heteroatoms. The van der Waals surface area contributed by atoms with E-state index >= 15 is 0 Å². The van der Waals surface area contributed by atoms with Crippen LogP contribution >= 0.6 is 0 Å². The Hall–Kier alpha value is -0.980. The summed E-state index contributed by atoms with van der Waals surface area (Å²) in [7, 11) is 1.92. The topological polar surface area (TPSA) is 69.4 Å². The molecular weight excluding hydrogens is 258 g/mol. The molecule has 2 heterocycles. The Balaban J connectivity index is 2.22. The molecule has 0 spiro atoms. The van der Waals surface area contributed by atoms with Crippen LogP contribution < -0.4 is 5.32 Å². The summed E-state index contributed by atoms with van der Waals surface area (Å²) in [5.74, 6) is 1.42. The van der Waals surface area contributed by atoms with Gasteiger partial charge >= 0.3 is 0 Å². The van der Waals surface area contributed by atoms with Crippen molar-refractivity contribution in [2.45, 2.75) is 51.2 Å². The lowest BCUT2D eigenvalue weighted by molar-refractivity contribution is -0.0583. The Kier molecular flexibility index (Phi) is 5.12. The van der Waals surface area contributed by atoms with Gasteiger partial charge in [0.05, 0.1) is 19.1 Å². The first-order valence-electron chi connectivity index (χ1n) is 7.43. The second-order valence-electron chi connectivity index (χ2n) is 5.13. The Morgan fingerprint density at radius 1 is 1.30 bits per heavy atom. The molecule has 0 aliphatic carbocycles. The number of aromatic nitrogens is 2. The summed E-state index contributed by atoms with van der Waals surface area (Å²) < 4.78 is 16.9. The summed E-state index contributed by atoms with van der Waals surface area (Å²) in [6.45, 7) is 8.10. The number of hydrogen-bond donors (Lipinski definition) is 1. The average molecular weight is 283 g/mol. The lowest BCUT2D eigenvalue weighted by Crippen LogP contribution is -2.32. The fraction of sp³-hybridized carbons (Fsp3) is 0.857. The standard InChI is InChI=1S/C14H25N3O3/c1-5-14(6-2,19-7-3)13-16-12(20-17-13)10-8-18-9-11(10)15-4/h10-11,15H,5-9H2,1-4H3. The number of rotatable bonds is 7. The molecule has 1 fully saturated rings. The third kappa shape index (κ3) is 2.73. The largest absolute Gasteiger partial charge is 0.379 e. The van der Waals surface area contributed by atoms with Crippen LogP contribution in [-0.2, 0) is 15.1 Å². The molecule has 0 aromatic carbocycles. The summed E-state index contributed by atoms with van der Waals surface area (Å²) >= 11 is 0. The molecule has 0 radical (unpaired) electrons. The van der Waals surface area contributed by atoms with E-state index in [-0.39, 0.29) is 12.0 Å². The summed E-state index contributed by atoms with van der Waals surface area (Å²) in [6.07, 6.45) is 1.65. The van der Waals surface area contributed by atoms with Crippen molar-refractivity contribution in [2.75, 3.05) is 26.9 Å².